The molecule has 0 saturated carbocycles. The summed E-state index contributed by atoms with van der Waals surface area (Å²) in [6.07, 6.45) is 0.399. The van der Waals surface area contributed by atoms with E-state index in [0.717, 1.165) is 23.4 Å². The van der Waals surface area contributed by atoms with Crippen LogP contribution < -0.4 is 5.32 Å². The van der Waals surface area contributed by atoms with Gasteiger partial charge in [-0.15, -0.1) is 0 Å². The second-order valence-electron chi connectivity index (χ2n) is 5.61. The minimum atomic E-state index is 0.0186. The fourth-order valence-corrected chi connectivity index (χ4v) is 2.21. The minimum Gasteiger partial charge on any atom is -0.325 e. The zero-order valence-corrected chi connectivity index (χ0v) is 12.9. The molecule has 1 N–H and O–H groups in total. The third kappa shape index (κ3) is 4.72. The number of carbonyl (C=O) groups excluding carboxylic acids is 1. The molecule has 3 heteroatoms. The van der Waals surface area contributed by atoms with Gasteiger partial charge in [-0.1, -0.05) is 48.0 Å². The van der Waals surface area contributed by atoms with Crippen LogP contribution in [0.4, 0.5) is 5.69 Å². The molecule has 0 aromatic heterocycles. The summed E-state index contributed by atoms with van der Waals surface area (Å²) in [7, 11) is 4.04. The Balaban J connectivity index is 2.04. The average Bonchev–Trinajstić information content (AvgIpc) is 2.43. The lowest BCUT2D eigenvalue weighted by Gasteiger charge is -2.15. The van der Waals surface area contributed by atoms with Crippen molar-refractivity contribution in [3.05, 3.63) is 65.2 Å². The van der Waals surface area contributed by atoms with Crippen molar-refractivity contribution in [3.8, 4) is 0 Å². The van der Waals surface area contributed by atoms with Gasteiger partial charge in [-0.05, 0) is 38.2 Å². The maximum atomic E-state index is 12.2. The van der Waals surface area contributed by atoms with E-state index in [1.54, 1.807) is 0 Å². The van der Waals surface area contributed by atoms with Crippen molar-refractivity contribution in [2.45, 2.75) is 19.9 Å². The van der Waals surface area contributed by atoms with Gasteiger partial charge in [0, 0.05) is 12.2 Å². The average molecular weight is 282 g/mol. The minimum absolute atomic E-state index is 0.0186. The Labute approximate surface area is 126 Å². The number of amides is 1. The zero-order chi connectivity index (χ0) is 15.2. The SMILES string of the molecule is Cc1ccc(CC(=O)Nc2ccccc2CN(C)C)cc1. The van der Waals surface area contributed by atoms with Crippen LogP contribution in [-0.4, -0.2) is 24.9 Å². The Bertz CT molecular complexity index is 603. The Morgan fingerprint density at radius 1 is 1.05 bits per heavy atom. The van der Waals surface area contributed by atoms with Gasteiger partial charge in [-0.3, -0.25) is 4.79 Å². The Morgan fingerprint density at radius 3 is 2.38 bits per heavy atom. The second kappa shape index (κ2) is 7.04. The van der Waals surface area contributed by atoms with Gasteiger partial charge < -0.3 is 10.2 Å². The van der Waals surface area contributed by atoms with Crippen molar-refractivity contribution in [3.63, 3.8) is 0 Å². The van der Waals surface area contributed by atoms with E-state index < -0.39 is 0 Å². The molecule has 0 radical (unpaired) electrons. The predicted octanol–water partition coefficient (Wildman–Crippen LogP) is 3.24. The lowest BCUT2D eigenvalue weighted by molar-refractivity contribution is -0.115. The van der Waals surface area contributed by atoms with E-state index in [-0.39, 0.29) is 5.91 Å². The highest BCUT2D eigenvalue weighted by molar-refractivity contribution is 5.93. The van der Waals surface area contributed by atoms with Gasteiger partial charge in [-0.25, -0.2) is 0 Å². The van der Waals surface area contributed by atoms with Crippen molar-refractivity contribution in [2.75, 3.05) is 19.4 Å². The monoisotopic (exact) mass is 282 g/mol. The number of aryl methyl sites for hydroxylation is 1. The van der Waals surface area contributed by atoms with Gasteiger partial charge in [0.15, 0.2) is 0 Å². The van der Waals surface area contributed by atoms with Crippen molar-refractivity contribution < 1.29 is 4.79 Å². The zero-order valence-electron chi connectivity index (χ0n) is 12.9. The lowest BCUT2D eigenvalue weighted by Crippen LogP contribution is -2.18. The molecular weight excluding hydrogens is 260 g/mol. The molecule has 0 spiro atoms. The summed E-state index contributed by atoms with van der Waals surface area (Å²) in [5.74, 6) is 0.0186. The van der Waals surface area contributed by atoms with Crippen molar-refractivity contribution in [1.82, 2.24) is 4.90 Å². The maximum Gasteiger partial charge on any atom is 0.228 e. The summed E-state index contributed by atoms with van der Waals surface area (Å²) < 4.78 is 0. The number of nitrogens with one attached hydrogen (secondary N) is 1. The van der Waals surface area contributed by atoms with Crippen LogP contribution in [0, 0.1) is 6.92 Å². The first-order chi connectivity index (χ1) is 10.0. The summed E-state index contributed by atoms with van der Waals surface area (Å²) in [5, 5.41) is 3.01. The van der Waals surface area contributed by atoms with E-state index in [1.807, 2.05) is 69.6 Å². The molecule has 2 rings (SSSR count). The third-order valence-corrected chi connectivity index (χ3v) is 3.26. The molecule has 0 heterocycles. The topological polar surface area (TPSA) is 32.3 Å². The van der Waals surface area contributed by atoms with Crippen molar-refractivity contribution in [1.29, 1.82) is 0 Å². The standard InChI is InChI=1S/C18H22N2O/c1-14-8-10-15(11-9-14)12-18(21)19-17-7-5-4-6-16(17)13-20(2)3/h4-11H,12-13H2,1-3H3,(H,19,21). The fraction of sp³-hybridized carbons (Fsp3) is 0.278. The number of nitrogens with zero attached hydrogens (tertiary/aromatic N) is 1. The molecule has 2 aromatic carbocycles. The van der Waals surface area contributed by atoms with Crippen molar-refractivity contribution >= 4 is 11.6 Å². The highest BCUT2D eigenvalue weighted by Gasteiger charge is 2.08. The van der Waals surface area contributed by atoms with Gasteiger partial charge in [0.05, 0.1) is 6.42 Å². The summed E-state index contributed by atoms with van der Waals surface area (Å²) >= 11 is 0. The summed E-state index contributed by atoms with van der Waals surface area (Å²) in [6.45, 7) is 2.85. The number of para-hydroxylation sites is 1. The molecule has 0 atom stereocenters. The largest absolute Gasteiger partial charge is 0.325 e. The van der Waals surface area contributed by atoms with Gasteiger partial charge in [0.25, 0.3) is 0 Å². The van der Waals surface area contributed by atoms with Crippen LogP contribution in [0.15, 0.2) is 48.5 Å². The van der Waals surface area contributed by atoms with Gasteiger partial charge in [0.2, 0.25) is 5.91 Å². The lowest BCUT2D eigenvalue weighted by atomic mass is 10.1. The molecule has 1 amide bonds. The van der Waals surface area contributed by atoms with Crippen LogP contribution >= 0.6 is 0 Å². The van der Waals surface area contributed by atoms with Crippen LogP contribution in [0.1, 0.15) is 16.7 Å². The van der Waals surface area contributed by atoms with Crippen LogP contribution in [0.3, 0.4) is 0 Å². The first kappa shape index (κ1) is 15.3. The van der Waals surface area contributed by atoms with Gasteiger partial charge >= 0.3 is 0 Å². The van der Waals surface area contributed by atoms with Crippen LogP contribution in [-0.2, 0) is 17.8 Å². The fourth-order valence-electron chi connectivity index (χ4n) is 2.21. The second-order valence-corrected chi connectivity index (χ2v) is 5.61. The van der Waals surface area contributed by atoms with E-state index in [1.165, 1.54) is 5.56 Å². The summed E-state index contributed by atoms with van der Waals surface area (Å²) in [4.78, 5) is 14.3. The summed E-state index contributed by atoms with van der Waals surface area (Å²) in [5.41, 5.74) is 4.25. The summed E-state index contributed by atoms with van der Waals surface area (Å²) in [6, 6.07) is 16.0. The highest BCUT2D eigenvalue weighted by atomic mass is 16.1. The van der Waals surface area contributed by atoms with Crippen LogP contribution in [0.2, 0.25) is 0 Å². The number of benzene rings is 2. The molecule has 0 unspecified atom stereocenters. The van der Waals surface area contributed by atoms with Crippen LogP contribution in [0.5, 0.6) is 0 Å². The van der Waals surface area contributed by atoms with E-state index in [2.05, 4.69) is 10.2 Å². The molecule has 0 saturated heterocycles. The number of anilines is 1. The Morgan fingerprint density at radius 2 is 1.71 bits per heavy atom. The predicted molar refractivity (Wildman–Crippen MR) is 87.3 cm³/mol. The highest BCUT2D eigenvalue weighted by Crippen LogP contribution is 2.17. The molecule has 0 aliphatic rings. The molecule has 110 valence electrons. The smallest absolute Gasteiger partial charge is 0.228 e. The number of rotatable bonds is 5. The number of hydrogen-bond donors (Lipinski definition) is 1. The molecule has 0 fully saturated rings. The van der Waals surface area contributed by atoms with Crippen molar-refractivity contribution in [2.24, 2.45) is 0 Å². The molecule has 0 bridgehead atoms. The van der Waals surface area contributed by atoms with E-state index in [0.29, 0.717) is 6.42 Å². The maximum absolute atomic E-state index is 12.2. The molecule has 0 aliphatic carbocycles. The first-order valence-electron chi connectivity index (χ1n) is 7.12. The molecule has 0 aliphatic heterocycles. The number of hydrogen-bond acceptors (Lipinski definition) is 2. The van der Waals surface area contributed by atoms with E-state index in [4.69, 9.17) is 0 Å². The molecular formula is C18H22N2O. The van der Waals surface area contributed by atoms with E-state index in [9.17, 15) is 4.79 Å². The first-order valence-corrected chi connectivity index (χ1v) is 7.12. The third-order valence-electron chi connectivity index (χ3n) is 3.26. The van der Waals surface area contributed by atoms with E-state index >= 15 is 0 Å². The van der Waals surface area contributed by atoms with Crippen LogP contribution in [0.25, 0.3) is 0 Å². The molecule has 2 aromatic rings. The molecule has 3 nitrogen and oxygen atoms in total. The Kier molecular flexibility index (Phi) is 5.12. The quantitative estimate of drug-likeness (QED) is 0.913. The Hall–Kier alpha value is -2.13. The number of carbonyl (C=O) groups is 1. The van der Waals surface area contributed by atoms with Gasteiger partial charge in [-0.2, -0.15) is 0 Å². The van der Waals surface area contributed by atoms with Gasteiger partial charge in [0.1, 0.15) is 0 Å². The molecule has 21 heavy (non-hydrogen) atoms. The normalized spacial score (nSPS) is 10.7.